The van der Waals surface area contributed by atoms with Crippen molar-refractivity contribution in [2.45, 2.75) is 31.2 Å². The van der Waals surface area contributed by atoms with E-state index >= 15 is 0 Å². The Morgan fingerprint density at radius 3 is 2.62 bits per heavy atom. The van der Waals surface area contributed by atoms with E-state index in [2.05, 4.69) is 26.6 Å². The lowest BCUT2D eigenvalue weighted by atomic mass is 10.1. The molecule has 1 saturated heterocycles. The SMILES string of the molecule is CC(=O)NC1NC(SCC(=O)NCc2ccccc2Cl)NC(=O)C1NC(=O)c1cccs1. The van der Waals surface area contributed by atoms with Crippen LogP contribution in [0, 0.1) is 0 Å². The van der Waals surface area contributed by atoms with Crippen LogP contribution in [0.5, 0.6) is 0 Å². The van der Waals surface area contributed by atoms with E-state index in [-0.39, 0.29) is 24.1 Å². The van der Waals surface area contributed by atoms with E-state index in [0.717, 1.165) is 17.3 Å². The van der Waals surface area contributed by atoms with Gasteiger partial charge in [-0.3, -0.25) is 24.5 Å². The number of halogens is 1. The predicted molar refractivity (Wildman–Crippen MR) is 124 cm³/mol. The molecule has 32 heavy (non-hydrogen) atoms. The second-order valence-corrected chi connectivity index (χ2v) is 9.29. The predicted octanol–water partition coefficient (Wildman–Crippen LogP) is 1.01. The smallest absolute Gasteiger partial charge is 0.262 e. The van der Waals surface area contributed by atoms with Crippen molar-refractivity contribution in [2.75, 3.05) is 5.75 Å². The van der Waals surface area contributed by atoms with Gasteiger partial charge in [0.1, 0.15) is 17.7 Å². The molecule has 2 heterocycles. The molecule has 0 aliphatic carbocycles. The number of hydrogen-bond donors (Lipinski definition) is 5. The number of thiophene rings is 1. The van der Waals surface area contributed by atoms with Crippen LogP contribution in [0.1, 0.15) is 22.2 Å². The zero-order valence-corrected chi connectivity index (χ0v) is 19.4. The molecule has 2 aromatic rings. The molecule has 3 atom stereocenters. The first kappa shape index (κ1) is 24.1. The van der Waals surface area contributed by atoms with Crippen molar-refractivity contribution in [1.29, 1.82) is 0 Å². The topological polar surface area (TPSA) is 128 Å². The molecule has 0 bridgehead atoms. The lowest BCUT2D eigenvalue weighted by Crippen LogP contribution is -2.72. The van der Waals surface area contributed by atoms with Gasteiger partial charge in [0.2, 0.25) is 17.7 Å². The van der Waals surface area contributed by atoms with Gasteiger partial charge < -0.3 is 21.3 Å². The van der Waals surface area contributed by atoms with Gasteiger partial charge in [0.05, 0.1) is 10.6 Å². The molecule has 0 saturated carbocycles. The third-order valence-electron chi connectivity index (χ3n) is 4.43. The molecule has 1 aliphatic rings. The fourth-order valence-electron chi connectivity index (χ4n) is 2.92. The lowest BCUT2D eigenvalue weighted by molar-refractivity contribution is -0.127. The average molecular weight is 496 g/mol. The van der Waals surface area contributed by atoms with Crippen molar-refractivity contribution in [3.05, 3.63) is 57.2 Å². The number of carbonyl (C=O) groups excluding carboxylic acids is 4. The zero-order chi connectivity index (χ0) is 23.1. The van der Waals surface area contributed by atoms with Gasteiger partial charge in [-0.2, -0.15) is 0 Å². The summed E-state index contributed by atoms with van der Waals surface area (Å²) in [6.45, 7) is 1.60. The molecule has 1 aromatic carbocycles. The quantitative estimate of drug-likeness (QED) is 0.372. The molecule has 170 valence electrons. The van der Waals surface area contributed by atoms with Crippen LogP contribution in [-0.2, 0) is 20.9 Å². The third kappa shape index (κ3) is 6.70. The highest BCUT2D eigenvalue weighted by Gasteiger charge is 2.38. The van der Waals surface area contributed by atoms with Crippen molar-refractivity contribution in [2.24, 2.45) is 0 Å². The molecule has 0 spiro atoms. The van der Waals surface area contributed by atoms with Gasteiger partial charge in [-0.05, 0) is 23.1 Å². The maximum atomic E-state index is 12.7. The van der Waals surface area contributed by atoms with E-state index < -0.39 is 29.5 Å². The average Bonchev–Trinajstić information content (AvgIpc) is 3.28. The monoisotopic (exact) mass is 495 g/mol. The Hall–Kier alpha value is -2.60. The molecule has 1 aliphatic heterocycles. The van der Waals surface area contributed by atoms with Gasteiger partial charge in [-0.1, -0.05) is 35.9 Å². The van der Waals surface area contributed by atoms with Crippen molar-refractivity contribution < 1.29 is 19.2 Å². The largest absolute Gasteiger partial charge is 0.351 e. The van der Waals surface area contributed by atoms with Gasteiger partial charge in [0.15, 0.2) is 0 Å². The van der Waals surface area contributed by atoms with Crippen LogP contribution in [0.3, 0.4) is 0 Å². The second kappa shape index (κ2) is 11.3. The summed E-state index contributed by atoms with van der Waals surface area (Å²) in [5, 5.41) is 16.1. The van der Waals surface area contributed by atoms with E-state index in [1.165, 1.54) is 18.3 Å². The summed E-state index contributed by atoms with van der Waals surface area (Å²) >= 11 is 8.48. The highest BCUT2D eigenvalue weighted by atomic mass is 35.5. The Morgan fingerprint density at radius 2 is 1.94 bits per heavy atom. The van der Waals surface area contributed by atoms with Gasteiger partial charge in [-0.25, -0.2) is 0 Å². The second-order valence-electron chi connectivity index (χ2n) is 6.84. The molecule has 3 unspecified atom stereocenters. The van der Waals surface area contributed by atoms with E-state index in [4.69, 9.17) is 11.6 Å². The molecule has 3 rings (SSSR count). The van der Waals surface area contributed by atoms with Gasteiger partial charge in [0.25, 0.3) is 5.91 Å². The number of carbonyl (C=O) groups is 4. The number of amides is 4. The van der Waals surface area contributed by atoms with Crippen LogP contribution in [-0.4, -0.2) is 47.1 Å². The molecule has 0 radical (unpaired) electrons. The van der Waals surface area contributed by atoms with Crippen LogP contribution >= 0.6 is 34.7 Å². The maximum absolute atomic E-state index is 12.7. The summed E-state index contributed by atoms with van der Waals surface area (Å²) in [5.41, 5.74) is 0.159. The fourth-order valence-corrected chi connectivity index (χ4v) is 4.61. The van der Waals surface area contributed by atoms with Gasteiger partial charge >= 0.3 is 0 Å². The minimum absolute atomic E-state index is 0.0570. The van der Waals surface area contributed by atoms with Crippen LogP contribution in [0.4, 0.5) is 0 Å². The molecule has 1 aromatic heterocycles. The first-order chi connectivity index (χ1) is 15.3. The third-order valence-corrected chi connectivity index (χ3v) is 6.68. The zero-order valence-electron chi connectivity index (χ0n) is 17.0. The van der Waals surface area contributed by atoms with Crippen molar-refractivity contribution in [3.63, 3.8) is 0 Å². The Morgan fingerprint density at radius 1 is 1.16 bits per heavy atom. The first-order valence-corrected chi connectivity index (χ1v) is 11.9. The Kier molecular flexibility index (Phi) is 8.51. The summed E-state index contributed by atoms with van der Waals surface area (Å²) in [6, 6.07) is 9.56. The summed E-state index contributed by atoms with van der Waals surface area (Å²) < 4.78 is 0. The molecule has 9 nitrogen and oxygen atoms in total. The first-order valence-electron chi connectivity index (χ1n) is 9.63. The molecule has 4 amide bonds. The van der Waals surface area contributed by atoms with E-state index in [0.29, 0.717) is 9.90 Å². The molecule has 5 N–H and O–H groups in total. The summed E-state index contributed by atoms with van der Waals surface area (Å²) in [5.74, 6) is -1.44. The van der Waals surface area contributed by atoms with E-state index in [1.54, 1.807) is 23.6 Å². The normalized spacial score (nSPS) is 20.2. The number of benzene rings is 1. The molecule has 12 heteroatoms. The minimum atomic E-state index is -1.01. The summed E-state index contributed by atoms with van der Waals surface area (Å²) in [7, 11) is 0. The van der Waals surface area contributed by atoms with Crippen LogP contribution < -0.4 is 26.6 Å². The van der Waals surface area contributed by atoms with Crippen LogP contribution in [0.2, 0.25) is 5.02 Å². The van der Waals surface area contributed by atoms with Crippen molar-refractivity contribution >= 4 is 58.3 Å². The van der Waals surface area contributed by atoms with Crippen molar-refractivity contribution in [3.8, 4) is 0 Å². The summed E-state index contributed by atoms with van der Waals surface area (Å²) in [4.78, 5) is 49.3. The number of hydrogen-bond acceptors (Lipinski definition) is 7. The van der Waals surface area contributed by atoms with Crippen LogP contribution in [0.15, 0.2) is 41.8 Å². The van der Waals surface area contributed by atoms with Gasteiger partial charge in [0, 0.05) is 18.5 Å². The number of thioether (sulfide) groups is 1. The Bertz CT molecular complexity index is 988. The molecular weight excluding hydrogens is 474 g/mol. The Balaban J connectivity index is 1.54. The standard InChI is InChI=1S/C20H22ClN5O4S2/c1-11(27)23-17-16(24-18(29)14-7-4-8-31-14)19(30)26-20(25-17)32-10-15(28)22-9-12-5-2-3-6-13(12)21/h2-8,16-17,20,25H,9-10H2,1H3,(H,22,28)(H,23,27)(H,24,29)(H,26,30). The number of rotatable bonds is 8. The van der Waals surface area contributed by atoms with Crippen LogP contribution in [0.25, 0.3) is 0 Å². The highest BCUT2D eigenvalue weighted by molar-refractivity contribution is 8.00. The van der Waals surface area contributed by atoms with E-state index in [9.17, 15) is 19.2 Å². The van der Waals surface area contributed by atoms with Gasteiger partial charge in [-0.15, -0.1) is 23.1 Å². The maximum Gasteiger partial charge on any atom is 0.262 e. The van der Waals surface area contributed by atoms with Crippen molar-refractivity contribution in [1.82, 2.24) is 26.6 Å². The molecular formula is C20H22ClN5O4S2. The molecule has 1 fully saturated rings. The van der Waals surface area contributed by atoms with E-state index in [1.807, 2.05) is 18.2 Å². The Labute approximate surface area is 198 Å². The highest BCUT2D eigenvalue weighted by Crippen LogP contribution is 2.16. The number of nitrogens with one attached hydrogen (secondary N) is 5. The fraction of sp³-hybridized carbons (Fsp3) is 0.300. The lowest BCUT2D eigenvalue weighted by Gasteiger charge is -2.37. The minimum Gasteiger partial charge on any atom is -0.351 e. The summed E-state index contributed by atoms with van der Waals surface area (Å²) in [6.07, 6.45) is -0.839.